The maximum absolute atomic E-state index is 12.8. The number of ether oxygens (including phenoxy) is 1. The van der Waals surface area contributed by atoms with Gasteiger partial charge in [-0.1, -0.05) is 0 Å². The first-order valence-electron chi connectivity index (χ1n) is 3.63. The Kier molecular flexibility index (Phi) is 2.74. The van der Waals surface area contributed by atoms with E-state index in [1.807, 2.05) is 0 Å². The lowest BCUT2D eigenvalue weighted by molar-refractivity contribution is -0.235. The molecule has 14 heavy (non-hydrogen) atoms. The van der Waals surface area contributed by atoms with Crippen LogP contribution in [0.2, 0.25) is 0 Å². The van der Waals surface area contributed by atoms with Gasteiger partial charge in [0.15, 0.2) is 6.10 Å². The van der Waals surface area contributed by atoms with E-state index in [2.05, 4.69) is 4.74 Å². The second kappa shape index (κ2) is 3.30. The second-order valence-corrected chi connectivity index (χ2v) is 2.90. The summed E-state index contributed by atoms with van der Waals surface area (Å²) in [5.74, 6) is -9.48. The molecule has 0 amide bonds. The Morgan fingerprint density at radius 3 is 2.00 bits per heavy atom. The number of alkyl halides is 4. The molecule has 1 rings (SSSR count). The lowest BCUT2D eigenvalue weighted by Gasteiger charge is -2.23. The van der Waals surface area contributed by atoms with E-state index in [-0.39, 0.29) is 0 Å². The van der Waals surface area contributed by atoms with E-state index >= 15 is 0 Å². The topological polar surface area (TPSA) is 69.9 Å². The first-order valence-corrected chi connectivity index (χ1v) is 3.63. The van der Waals surface area contributed by atoms with Gasteiger partial charge in [0.05, 0.1) is 6.61 Å². The van der Waals surface area contributed by atoms with Crippen LogP contribution in [0.4, 0.5) is 17.6 Å². The predicted molar refractivity (Wildman–Crippen MR) is 33.9 cm³/mol. The molecule has 3 atom stereocenters. The lowest BCUT2D eigenvalue weighted by atomic mass is 10.0. The molecular weight excluding hydrogens is 212 g/mol. The maximum Gasteiger partial charge on any atom is 0.362 e. The van der Waals surface area contributed by atoms with Gasteiger partial charge < -0.3 is 20.1 Å². The van der Waals surface area contributed by atoms with Crippen molar-refractivity contribution in [1.29, 1.82) is 0 Å². The van der Waals surface area contributed by atoms with Crippen LogP contribution in [0.25, 0.3) is 0 Å². The summed E-state index contributed by atoms with van der Waals surface area (Å²) in [4.78, 5) is 0. The summed E-state index contributed by atoms with van der Waals surface area (Å²) < 4.78 is 54.4. The van der Waals surface area contributed by atoms with Crippen molar-refractivity contribution < 1.29 is 37.6 Å². The largest absolute Gasteiger partial charge is 0.394 e. The summed E-state index contributed by atoms with van der Waals surface area (Å²) in [5.41, 5.74) is 0. The Bertz CT molecular complexity index is 222. The van der Waals surface area contributed by atoms with E-state index in [1.165, 1.54) is 0 Å². The molecule has 0 radical (unpaired) electrons. The van der Waals surface area contributed by atoms with Crippen molar-refractivity contribution in [3.05, 3.63) is 0 Å². The number of hydrogen-bond donors (Lipinski definition) is 3. The van der Waals surface area contributed by atoms with Crippen LogP contribution in [0.5, 0.6) is 0 Å². The van der Waals surface area contributed by atoms with Gasteiger partial charge in [-0.25, -0.2) is 0 Å². The molecule has 0 aromatic heterocycles. The molecule has 1 aliphatic rings. The van der Waals surface area contributed by atoms with Gasteiger partial charge in [0, 0.05) is 0 Å². The van der Waals surface area contributed by atoms with Crippen LogP contribution < -0.4 is 0 Å². The highest BCUT2D eigenvalue weighted by Crippen LogP contribution is 2.48. The zero-order chi connectivity index (χ0) is 11.1. The summed E-state index contributed by atoms with van der Waals surface area (Å²) in [7, 11) is 0. The lowest BCUT2D eigenvalue weighted by Crippen LogP contribution is -2.50. The predicted octanol–water partition coefficient (Wildman–Crippen LogP) is -0.673. The molecule has 8 heteroatoms. The standard InChI is InChI=1S/C6H8F4O4/c7-5(8)3(2(12)1-11)14-4(13)6(5,9)10/h2-4,11-13H,1H2/t2-,3+,4?/m1/s1. The van der Waals surface area contributed by atoms with E-state index in [0.29, 0.717) is 0 Å². The summed E-state index contributed by atoms with van der Waals surface area (Å²) >= 11 is 0. The van der Waals surface area contributed by atoms with Crippen molar-refractivity contribution in [2.45, 2.75) is 30.3 Å². The van der Waals surface area contributed by atoms with Gasteiger partial charge in [0.25, 0.3) is 0 Å². The van der Waals surface area contributed by atoms with Gasteiger partial charge in [-0.2, -0.15) is 17.6 Å². The number of rotatable bonds is 2. The first kappa shape index (κ1) is 11.6. The molecule has 4 nitrogen and oxygen atoms in total. The normalized spacial score (nSPS) is 37.1. The average Bonchev–Trinajstić information content (AvgIpc) is 2.25. The molecule has 1 heterocycles. The van der Waals surface area contributed by atoms with E-state index in [4.69, 9.17) is 15.3 Å². The third-order valence-corrected chi connectivity index (χ3v) is 1.92. The Labute approximate surface area is 75.7 Å². The summed E-state index contributed by atoms with van der Waals surface area (Å²) in [6, 6.07) is 0. The van der Waals surface area contributed by atoms with Gasteiger partial charge in [0.1, 0.15) is 6.10 Å². The highest BCUT2D eigenvalue weighted by atomic mass is 19.3. The molecular formula is C6H8F4O4. The smallest absolute Gasteiger partial charge is 0.362 e. The number of aliphatic hydroxyl groups excluding tert-OH is 3. The Balaban J connectivity index is 2.93. The van der Waals surface area contributed by atoms with E-state index < -0.39 is 36.9 Å². The number of hydrogen-bond acceptors (Lipinski definition) is 4. The zero-order valence-corrected chi connectivity index (χ0v) is 6.70. The molecule has 3 N–H and O–H groups in total. The third kappa shape index (κ3) is 1.38. The molecule has 1 fully saturated rings. The van der Waals surface area contributed by atoms with E-state index in [9.17, 15) is 17.6 Å². The van der Waals surface area contributed by atoms with Crippen LogP contribution in [0.3, 0.4) is 0 Å². The average molecular weight is 220 g/mol. The maximum atomic E-state index is 12.8. The van der Waals surface area contributed by atoms with Crippen LogP contribution in [0, 0.1) is 0 Å². The van der Waals surface area contributed by atoms with Crippen LogP contribution in [-0.2, 0) is 4.74 Å². The van der Waals surface area contributed by atoms with Crippen molar-refractivity contribution in [3.8, 4) is 0 Å². The minimum absolute atomic E-state index is 1.16. The van der Waals surface area contributed by atoms with Gasteiger partial charge >= 0.3 is 11.8 Å². The highest BCUT2D eigenvalue weighted by Gasteiger charge is 2.73. The SMILES string of the molecule is OC[C@@H](O)[C@@H]1OC(O)C(F)(F)C1(F)F. The van der Waals surface area contributed by atoms with Crippen molar-refractivity contribution in [3.63, 3.8) is 0 Å². The van der Waals surface area contributed by atoms with Crippen molar-refractivity contribution in [2.24, 2.45) is 0 Å². The molecule has 0 aromatic rings. The highest BCUT2D eigenvalue weighted by molar-refractivity contribution is 5.02. The van der Waals surface area contributed by atoms with Crippen LogP contribution >= 0.6 is 0 Å². The fourth-order valence-electron chi connectivity index (χ4n) is 1.09. The number of halogens is 4. The Morgan fingerprint density at radius 2 is 1.71 bits per heavy atom. The first-order chi connectivity index (χ1) is 6.25. The Hall–Kier alpha value is -0.440. The van der Waals surface area contributed by atoms with Crippen LogP contribution in [-0.4, -0.2) is 52.3 Å². The van der Waals surface area contributed by atoms with Gasteiger partial charge in [-0.15, -0.1) is 0 Å². The fraction of sp³-hybridized carbons (Fsp3) is 1.00. The van der Waals surface area contributed by atoms with Gasteiger partial charge in [0.2, 0.25) is 6.29 Å². The summed E-state index contributed by atoms with van der Waals surface area (Å²) in [6.45, 7) is -1.16. The third-order valence-electron chi connectivity index (χ3n) is 1.92. The van der Waals surface area contributed by atoms with Crippen LogP contribution in [0.15, 0.2) is 0 Å². The van der Waals surface area contributed by atoms with E-state index in [1.54, 1.807) is 0 Å². The molecule has 0 bridgehead atoms. The molecule has 0 aromatic carbocycles. The monoisotopic (exact) mass is 220 g/mol. The van der Waals surface area contributed by atoms with E-state index in [0.717, 1.165) is 0 Å². The van der Waals surface area contributed by atoms with Gasteiger partial charge in [-0.05, 0) is 0 Å². The minimum atomic E-state index is -4.77. The molecule has 0 saturated carbocycles. The van der Waals surface area contributed by atoms with Gasteiger partial charge in [-0.3, -0.25) is 0 Å². The van der Waals surface area contributed by atoms with Crippen molar-refractivity contribution in [1.82, 2.24) is 0 Å². The molecule has 1 saturated heterocycles. The molecule has 0 aliphatic carbocycles. The number of aliphatic hydroxyl groups is 3. The summed E-state index contributed by atoms with van der Waals surface area (Å²) in [5, 5.41) is 25.5. The quantitative estimate of drug-likeness (QED) is 0.540. The second-order valence-electron chi connectivity index (χ2n) is 2.90. The summed E-state index contributed by atoms with van der Waals surface area (Å²) in [6.07, 6.45) is -7.77. The molecule has 1 aliphatic heterocycles. The minimum Gasteiger partial charge on any atom is -0.394 e. The van der Waals surface area contributed by atoms with Crippen molar-refractivity contribution in [2.75, 3.05) is 6.61 Å². The fourth-order valence-corrected chi connectivity index (χ4v) is 1.09. The molecule has 0 spiro atoms. The Morgan fingerprint density at radius 1 is 1.21 bits per heavy atom. The van der Waals surface area contributed by atoms with Crippen molar-refractivity contribution >= 4 is 0 Å². The van der Waals surface area contributed by atoms with Crippen LogP contribution in [0.1, 0.15) is 0 Å². The molecule has 1 unspecified atom stereocenters. The molecule has 84 valence electrons. The zero-order valence-electron chi connectivity index (χ0n) is 6.70.